The molecule has 1 unspecified atom stereocenters. The summed E-state index contributed by atoms with van der Waals surface area (Å²) in [5.41, 5.74) is 12.9. The first kappa shape index (κ1) is 32.9. The molecule has 210 valence electrons. The molecule has 0 radical (unpaired) electrons. The van der Waals surface area contributed by atoms with Crippen LogP contribution in [0.4, 0.5) is 4.39 Å². The molecule has 1 atom stereocenters. The molecule has 0 aliphatic heterocycles. The number of halogens is 3. The fourth-order valence-corrected chi connectivity index (χ4v) is 13.8. The van der Waals surface area contributed by atoms with Gasteiger partial charge in [0.25, 0.3) is 0 Å². The van der Waals surface area contributed by atoms with E-state index >= 15 is 0 Å². The van der Waals surface area contributed by atoms with Crippen LogP contribution < -0.4 is 28.1 Å². The third-order valence-electron chi connectivity index (χ3n) is 8.46. The maximum atomic E-state index is 13.8. The van der Waals surface area contributed by atoms with Crippen LogP contribution in [0, 0.1) is 11.7 Å². The van der Waals surface area contributed by atoms with E-state index in [0.29, 0.717) is 5.92 Å². The molecule has 5 rings (SSSR count). The monoisotopic (exact) mass is 652 g/mol. The molecule has 2 aliphatic rings. The van der Waals surface area contributed by atoms with E-state index in [4.69, 9.17) is 0 Å². The van der Waals surface area contributed by atoms with Crippen molar-refractivity contribution in [3.8, 4) is 11.1 Å². The first-order chi connectivity index (χ1) is 17.7. The molecule has 0 fully saturated rings. The molecular weight excluding hydrogens is 614 g/mol. The zero-order valence-corrected chi connectivity index (χ0v) is 29.2. The standard InChI is InChI=1S/C21H25.C8H11.C7H5F.2ClH.Zr/c1-20(2,3)16-9-7-14-11-15-8-10-17(21(4,5)6)13-19(15)18(14)12-16;1-6-4-7(2)8(3)5-6;1-6-2-4-7(8)5-3-6;;;/h7,9-10,12-13H,11H2,1-6H3;4,6H,1-3H3;1-5H;2*1H;/q;;;;;+2/p-2. The third kappa shape index (κ3) is 6.26. The van der Waals surface area contributed by atoms with Gasteiger partial charge in [0, 0.05) is 0 Å². The molecular formula is C36H41Cl2FZr. The second-order valence-electron chi connectivity index (χ2n) is 13.4. The molecule has 3 aromatic rings. The quantitative estimate of drug-likeness (QED) is 0.319. The Morgan fingerprint density at radius 3 is 1.95 bits per heavy atom. The first-order valence-electron chi connectivity index (χ1n) is 13.9. The van der Waals surface area contributed by atoms with Gasteiger partial charge in [0.1, 0.15) is 0 Å². The van der Waals surface area contributed by atoms with Crippen LogP contribution in [0.5, 0.6) is 0 Å². The van der Waals surface area contributed by atoms with Crippen LogP contribution >= 0.6 is 0 Å². The summed E-state index contributed by atoms with van der Waals surface area (Å²) in [4.78, 5) is 0. The number of hydrogen-bond donors (Lipinski definition) is 0. The number of allylic oxidation sites excluding steroid dienone is 4. The Morgan fingerprint density at radius 1 is 0.800 bits per heavy atom. The van der Waals surface area contributed by atoms with E-state index in [9.17, 15) is 4.39 Å². The second kappa shape index (κ2) is 12.0. The average molecular weight is 655 g/mol. The summed E-state index contributed by atoms with van der Waals surface area (Å²) in [6.07, 6.45) is 3.45. The summed E-state index contributed by atoms with van der Waals surface area (Å²) in [5, 5.41) is 0. The van der Waals surface area contributed by atoms with Crippen molar-refractivity contribution in [3.05, 3.63) is 109 Å². The summed E-state index contributed by atoms with van der Waals surface area (Å²) < 4.78 is 19.7. The molecule has 4 heteroatoms. The molecule has 40 heavy (non-hydrogen) atoms. The van der Waals surface area contributed by atoms with Gasteiger partial charge in [-0.1, -0.05) is 0 Å². The van der Waals surface area contributed by atoms with Crippen LogP contribution in [0.25, 0.3) is 11.1 Å². The van der Waals surface area contributed by atoms with Crippen molar-refractivity contribution in [3.63, 3.8) is 0 Å². The van der Waals surface area contributed by atoms with E-state index < -0.39 is 21.3 Å². The normalized spacial score (nSPS) is 16.2. The molecule has 2 aliphatic carbocycles. The van der Waals surface area contributed by atoms with Crippen molar-refractivity contribution in [2.75, 3.05) is 0 Å². The van der Waals surface area contributed by atoms with Gasteiger partial charge in [-0.25, -0.2) is 0 Å². The van der Waals surface area contributed by atoms with Gasteiger partial charge in [0.2, 0.25) is 0 Å². The minimum atomic E-state index is -2.58. The number of hydrogen-bond acceptors (Lipinski definition) is 0. The summed E-state index contributed by atoms with van der Waals surface area (Å²) in [6, 6.07) is 19.3. The Balaban J connectivity index is 0.00000220. The molecule has 0 heterocycles. The van der Waals surface area contributed by atoms with E-state index in [-0.39, 0.29) is 41.5 Å². The van der Waals surface area contributed by atoms with Crippen molar-refractivity contribution in [2.24, 2.45) is 5.92 Å². The van der Waals surface area contributed by atoms with Crippen LogP contribution in [-0.2, 0) is 38.5 Å². The minimum absolute atomic E-state index is 0. The zero-order valence-electron chi connectivity index (χ0n) is 25.3. The van der Waals surface area contributed by atoms with E-state index in [1.165, 1.54) is 44.5 Å². The molecule has 0 spiro atoms. The Hall–Kier alpha value is -1.60. The third-order valence-corrected chi connectivity index (χ3v) is 16.0. The first-order valence-corrected chi connectivity index (χ1v) is 17.8. The predicted molar refractivity (Wildman–Crippen MR) is 159 cm³/mol. The van der Waals surface area contributed by atoms with Crippen LogP contribution in [-0.4, -0.2) is 3.71 Å². The van der Waals surface area contributed by atoms with Gasteiger partial charge in [0.05, 0.1) is 0 Å². The Morgan fingerprint density at radius 2 is 1.40 bits per heavy atom. The molecule has 0 amide bonds. The van der Waals surface area contributed by atoms with Crippen LogP contribution in [0.1, 0.15) is 90.1 Å². The van der Waals surface area contributed by atoms with Crippen molar-refractivity contribution in [1.82, 2.24) is 0 Å². The van der Waals surface area contributed by atoms with E-state index in [2.05, 4.69) is 102 Å². The molecule has 0 saturated carbocycles. The van der Waals surface area contributed by atoms with Crippen molar-refractivity contribution < 1.29 is 50.5 Å². The van der Waals surface area contributed by atoms with Crippen LogP contribution in [0.15, 0.2) is 75.1 Å². The van der Waals surface area contributed by atoms with Gasteiger partial charge in [-0.3, -0.25) is 0 Å². The average Bonchev–Trinajstić information content (AvgIpc) is 3.32. The Kier molecular flexibility index (Phi) is 9.83. The maximum Gasteiger partial charge on any atom is -1.00 e. The predicted octanol–water partition coefficient (Wildman–Crippen LogP) is 2.96. The van der Waals surface area contributed by atoms with Crippen molar-refractivity contribution in [1.29, 1.82) is 0 Å². The van der Waals surface area contributed by atoms with Gasteiger partial charge in [-0.05, 0) is 0 Å². The van der Waals surface area contributed by atoms with Crippen LogP contribution in [0.2, 0.25) is 0 Å². The Bertz CT molecular complexity index is 1530. The molecule has 0 nitrogen and oxygen atoms in total. The molecule has 0 N–H and O–H groups in total. The van der Waals surface area contributed by atoms with Gasteiger partial charge in [-0.2, -0.15) is 0 Å². The van der Waals surface area contributed by atoms with Gasteiger partial charge in [-0.15, -0.1) is 0 Å². The smallest absolute Gasteiger partial charge is 1.00 e. The fraction of sp³-hybridized carbons (Fsp3) is 0.361. The minimum Gasteiger partial charge on any atom is -1.00 e. The van der Waals surface area contributed by atoms with E-state index in [1.807, 2.05) is 12.1 Å². The van der Waals surface area contributed by atoms with Crippen molar-refractivity contribution in [2.45, 2.75) is 79.6 Å². The summed E-state index contributed by atoms with van der Waals surface area (Å²) in [7, 11) is 0. The summed E-state index contributed by atoms with van der Waals surface area (Å²) in [5.74, 6) is 0.279. The van der Waals surface area contributed by atoms with Gasteiger partial charge < -0.3 is 24.8 Å². The van der Waals surface area contributed by atoms with Crippen LogP contribution in [0.3, 0.4) is 0 Å². The Labute approximate surface area is 261 Å². The maximum absolute atomic E-state index is 13.8. The summed E-state index contributed by atoms with van der Waals surface area (Å²) in [6.45, 7) is 20.9. The largest absolute Gasteiger partial charge is 1.00 e. The molecule has 0 aromatic heterocycles. The molecule has 0 saturated heterocycles. The second-order valence-corrected chi connectivity index (χ2v) is 18.8. The zero-order chi connectivity index (χ0) is 27.6. The fourth-order valence-electron chi connectivity index (χ4n) is 6.03. The number of benzene rings is 3. The van der Waals surface area contributed by atoms with Crippen molar-refractivity contribution >= 4 is 6.98 Å². The summed E-state index contributed by atoms with van der Waals surface area (Å²) >= 11 is -2.58. The van der Waals surface area contributed by atoms with Gasteiger partial charge >= 0.3 is 238 Å². The molecule has 3 aromatic carbocycles. The SMILES string of the molecule is CC1=CC(C)[C](/[Zr+2](=[CH]/c2ccc(F)cc2)[c]2cc(C(C)(C)C)cc3c2Cc2ccc(C(C)(C)C)cc2-3)=C1C.[Cl-].[Cl-]. The molecule has 0 bridgehead atoms. The van der Waals surface area contributed by atoms with E-state index in [0.717, 1.165) is 12.0 Å². The van der Waals surface area contributed by atoms with E-state index in [1.54, 1.807) is 18.7 Å². The number of fused-ring (bicyclic) bond motifs is 3. The number of rotatable bonds is 3. The van der Waals surface area contributed by atoms with Gasteiger partial charge in [0.15, 0.2) is 0 Å². The topological polar surface area (TPSA) is 0 Å².